The zero-order valence-electron chi connectivity index (χ0n) is 12.0. The Balaban J connectivity index is 2.24. The minimum absolute atomic E-state index is 0.0560. The second-order valence-corrected chi connectivity index (χ2v) is 4.64. The van der Waals surface area contributed by atoms with Crippen molar-refractivity contribution in [3.05, 3.63) is 30.3 Å². The van der Waals surface area contributed by atoms with Crippen molar-refractivity contribution < 1.29 is 19.5 Å². The minimum atomic E-state index is -0.949. The summed E-state index contributed by atoms with van der Waals surface area (Å²) in [5.74, 6) is -1.24. The van der Waals surface area contributed by atoms with Crippen molar-refractivity contribution in [1.82, 2.24) is 5.32 Å². The van der Waals surface area contributed by atoms with Crippen LogP contribution in [0.4, 0.5) is 5.69 Å². The number of carboxylic acid groups (broad SMARTS) is 1. The second-order valence-electron chi connectivity index (χ2n) is 4.64. The first kappa shape index (κ1) is 16.7. The van der Waals surface area contributed by atoms with E-state index < -0.39 is 5.97 Å². The molecule has 0 heterocycles. The second kappa shape index (κ2) is 8.73. The maximum atomic E-state index is 11.9. The van der Waals surface area contributed by atoms with Crippen molar-refractivity contribution in [2.24, 2.45) is 0 Å². The molecule has 1 aromatic carbocycles. The van der Waals surface area contributed by atoms with Crippen molar-refractivity contribution in [3.63, 3.8) is 0 Å². The van der Waals surface area contributed by atoms with Gasteiger partial charge in [-0.1, -0.05) is 18.2 Å². The highest BCUT2D eigenvalue weighted by Gasteiger charge is 2.11. The fourth-order valence-corrected chi connectivity index (χ4v) is 1.76. The monoisotopic (exact) mass is 292 g/mol. The molecule has 0 saturated carbocycles. The fourth-order valence-electron chi connectivity index (χ4n) is 1.76. The molecule has 6 heteroatoms. The van der Waals surface area contributed by atoms with Crippen LogP contribution in [0.5, 0.6) is 0 Å². The Bertz CT molecular complexity index is 488. The van der Waals surface area contributed by atoms with Gasteiger partial charge >= 0.3 is 5.97 Å². The summed E-state index contributed by atoms with van der Waals surface area (Å²) >= 11 is 0. The molecule has 0 aromatic heterocycles. The molecule has 0 fully saturated rings. The van der Waals surface area contributed by atoms with E-state index in [9.17, 15) is 14.4 Å². The van der Waals surface area contributed by atoms with Crippen LogP contribution in [0.15, 0.2) is 30.3 Å². The van der Waals surface area contributed by atoms with Crippen LogP contribution in [-0.4, -0.2) is 36.5 Å². The Kier molecular flexibility index (Phi) is 6.94. The van der Waals surface area contributed by atoms with Crippen molar-refractivity contribution in [2.45, 2.75) is 25.7 Å². The molecule has 21 heavy (non-hydrogen) atoms. The van der Waals surface area contributed by atoms with Crippen LogP contribution in [-0.2, 0) is 14.4 Å². The summed E-state index contributed by atoms with van der Waals surface area (Å²) in [5.41, 5.74) is 0.813. The van der Waals surface area contributed by atoms with E-state index in [-0.39, 0.29) is 37.6 Å². The normalized spacial score (nSPS) is 9.95. The third-order valence-corrected chi connectivity index (χ3v) is 2.97. The number of hydrogen-bond acceptors (Lipinski definition) is 3. The molecule has 0 aliphatic carbocycles. The summed E-state index contributed by atoms with van der Waals surface area (Å²) in [6.45, 7) is 0.117. The van der Waals surface area contributed by atoms with Gasteiger partial charge in [0.15, 0.2) is 0 Å². The smallest absolute Gasteiger partial charge is 0.305 e. The average Bonchev–Trinajstić information content (AvgIpc) is 2.46. The molecule has 0 atom stereocenters. The molecule has 2 N–H and O–H groups in total. The third-order valence-electron chi connectivity index (χ3n) is 2.97. The van der Waals surface area contributed by atoms with Crippen LogP contribution in [0, 0.1) is 0 Å². The highest BCUT2D eigenvalue weighted by Crippen LogP contribution is 2.13. The van der Waals surface area contributed by atoms with Crippen LogP contribution in [0.2, 0.25) is 0 Å². The van der Waals surface area contributed by atoms with Crippen LogP contribution >= 0.6 is 0 Å². The molecule has 0 radical (unpaired) electrons. The van der Waals surface area contributed by atoms with Crippen molar-refractivity contribution in [1.29, 1.82) is 0 Å². The fraction of sp³-hybridized carbons (Fsp3) is 0.400. The molecule has 114 valence electrons. The van der Waals surface area contributed by atoms with Gasteiger partial charge < -0.3 is 15.3 Å². The van der Waals surface area contributed by atoms with Crippen LogP contribution in [0.3, 0.4) is 0 Å². The maximum Gasteiger partial charge on any atom is 0.305 e. The summed E-state index contributed by atoms with van der Waals surface area (Å²) in [4.78, 5) is 35.2. The molecule has 1 rings (SSSR count). The lowest BCUT2D eigenvalue weighted by atomic mass is 10.2. The van der Waals surface area contributed by atoms with Gasteiger partial charge in [-0.25, -0.2) is 0 Å². The lowest BCUT2D eigenvalue weighted by Crippen LogP contribution is -2.28. The van der Waals surface area contributed by atoms with E-state index in [1.54, 1.807) is 11.9 Å². The first-order valence-electron chi connectivity index (χ1n) is 6.81. The molecule has 0 saturated heterocycles. The van der Waals surface area contributed by atoms with E-state index in [0.29, 0.717) is 6.42 Å². The van der Waals surface area contributed by atoms with Gasteiger partial charge in [-0.3, -0.25) is 14.4 Å². The van der Waals surface area contributed by atoms with E-state index in [0.717, 1.165) is 5.69 Å². The molecule has 0 bridgehead atoms. The minimum Gasteiger partial charge on any atom is -0.481 e. The third kappa shape index (κ3) is 6.56. The molecule has 0 spiro atoms. The van der Waals surface area contributed by atoms with Crippen molar-refractivity contribution in [2.75, 3.05) is 18.5 Å². The summed E-state index contributed by atoms with van der Waals surface area (Å²) in [6, 6.07) is 9.28. The van der Waals surface area contributed by atoms with Gasteiger partial charge in [-0.2, -0.15) is 0 Å². The van der Waals surface area contributed by atoms with Crippen LogP contribution in [0.25, 0.3) is 0 Å². The molecule has 0 unspecified atom stereocenters. The number of benzene rings is 1. The molecule has 6 nitrogen and oxygen atoms in total. The number of carbonyl (C=O) groups excluding carboxylic acids is 2. The van der Waals surface area contributed by atoms with E-state index in [4.69, 9.17) is 5.11 Å². The van der Waals surface area contributed by atoms with E-state index >= 15 is 0 Å². The first-order chi connectivity index (χ1) is 10.0. The molecule has 0 aliphatic rings. The Hall–Kier alpha value is -2.37. The average molecular weight is 292 g/mol. The lowest BCUT2D eigenvalue weighted by Gasteiger charge is -2.17. The van der Waals surface area contributed by atoms with Gasteiger partial charge in [0, 0.05) is 32.1 Å². The first-order valence-corrected chi connectivity index (χ1v) is 6.81. The number of amides is 2. The number of carbonyl (C=O) groups is 3. The molecule has 0 aliphatic heterocycles. The van der Waals surface area contributed by atoms with Crippen LogP contribution in [0.1, 0.15) is 25.7 Å². The predicted octanol–water partition coefficient (Wildman–Crippen LogP) is 1.41. The SMILES string of the molecule is CN(C(=O)CCCC(=O)NCCC(=O)O)c1ccccc1. The summed E-state index contributed by atoms with van der Waals surface area (Å²) in [5, 5.41) is 10.9. The zero-order valence-corrected chi connectivity index (χ0v) is 12.0. The quantitative estimate of drug-likeness (QED) is 0.758. The van der Waals surface area contributed by atoms with E-state index in [1.165, 1.54) is 0 Å². The largest absolute Gasteiger partial charge is 0.481 e. The number of carboxylic acids is 1. The van der Waals surface area contributed by atoms with E-state index in [2.05, 4.69) is 5.32 Å². The predicted molar refractivity (Wildman–Crippen MR) is 79.0 cm³/mol. The summed E-state index contributed by atoms with van der Waals surface area (Å²) < 4.78 is 0. The zero-order chi connectivity index (χ0) is 15.7. The number of hydrogen-bond donors (Lipinski definition) is 2. The van der Waals surface area contributed by atoms with Crippen molar-refractivity contribution in [3.8, 4) is 0 Å². The number of anilines is 1. The molecule has 2 amide bonds. The summed E-state index contributed by atoms with van der Waals surface area (Å²) in [7, 11) is 1.70. The van der Waals surface area contributed by atoms with Gasteiger partial charge in [0.25, 0.3) is 0 Å². The van der Waals surface area contributed by atoms with Crippen molar-refractivity contribution >= 4 is 23.5 Å². The molecule has 1 aromatic rings. The molecular formula is C15H20N2O4. The standard InChI is InChI=1S/C15H20N2O4/c1-17(12-6-3-2-4-7-12)14(19)9-5-8-13(18)16-11-10-15(20)21/h2-4,6-7H,5,8-11H2,1H3,(H,16,18)(H,20,21). The highest BCUT2D eigenvalue weighted by molar-refractivity contribution is 5.93. The Morgan fingerprint density at radius 1 is 1.10 bits per heavy atom. The highest BCUT2D eigenvalue weighted by atomic mass is 16.4. The number of rotatable bonds is 8. The van der Waals surface area contributed by atoms with Gasteiger partial charge in [0.05, 0.1) is 6.42 Å². The number of nitrogens with zero attached hydrogens (tertiary/aromatic N) is 1. The number of aliphatic carboxylic acids is 1. The maximum absolute atomic E-state index is 11.9. The van der Waals surface area contributed by atoms with Crippen LogP contribution < -0.4 is 10.2 Å². The Morgan fingerprint density at radius 3 is 2.38 bits per heavy atom. The van der Waals surface area contributed by atoms with E-state index in [1.807, 2.05) is 30.3 Å². The lowest BCUT2D eigenvalue weighted by molar-refractivity contribution is -0.136. The summed E-state index contributed by atoms with van der Waals surface area (Å²) in [6.07, 6.45) is 0.835. The topological polar surface area (TPSA) is 86.7 Å². The van der Waals surface area contributed by atoms with Gasteiger partial charge in [-0.05, 0) is 18.6 Å². The molecular weight excluding hydrogens is 272 g/mol. The van der Waals surface area contributed by atoms with Gasteiger partial charge in [0.2, 0.25) is 11.8 Å². The number of nitrogens with one attached hydrogen (secondary N) is 1. The van der Waals surface area contributed by atoms with Gasteiger partial charge in [0.1, 0.15) is 0 Å². The number of para-hydroxylation sites is 1. The van der Waals surface area contributed by atoms with Gasteiger partial charge in [-0.15, -0.1) is 0 Å². The Labute approximate surface area is 123 Å². The Morgan fingerprint density at radius 2 is 1.76 bits per heavy atom.